The van der Waals surface area contributed by atoms with Gasteiger partial charge in [0.1, 0.15) is 11.5 Å². The van der Waals surface area contributed by atoms with Gasteiger partial charge in [0.15, 0.2) is 0 Å². The van der Waals surface area contributed by atoms with E-state index in [2.05, 4.69) is 207 Å². The molecule has 0 unspecified atom stereocenters. The van der Waals surface area contributed by atoms with Crippen molar-refractivity contribution in [3.05, 3.63) is 163 Å². The average molecular weight is 796 g/mol. The molecule has 0 radical (unpaired) electrons. The van der Waals surface area contributed by atoms with E-state index in [-0.39, 0.29) is 24.3 Å². The SMILES string of the molecule is CC(C)(C)c1ccc2c(c1)B1c3ccccc3Oc3ccc4c5cc6c7ccc8c9c7n(c6cc5n-2c4c31)-c1ccc(C(C)(C)C)cc1B9c1ccccc1N8c1ccccc1. The fraction of sp³-hybridized carbons (Fsp3) is 0.143. The Balaban J connectivity index is 1.13. The summed E-state index contributed by atoms with van der Waals surface area (Å²) in [5.41, 5.74) is 21.8. The molecule has 0 aliphatic carbocycles. The molecule has 6 heteroatoms. The van der Waals surface area contributed by atoms with Gasteiger partial charge in [0.2, 0.25) is 0 Å². The van der Waals surface area contributed by atoms with Crippen molar-refractivity contribution in [1.29, 1.82) is 0 Å². The van der Waals surface area contributed by atoms with Crippen molar-refractivity contribution in [3.63, 3.8) is 0 Å². The number of para-hydroxylation sites is 3. The summed E-state index contributed by atoms with van der Waals surface area (Å²) >= 11 is 0. The van der Waals surface area contributed by atoms with E-state index >= 15 is 0 Å². The zero-order valence-corrected chi connectivity index (χ0v) is 35.8. The van der Waals surface area contributed by atoms with Crippen LogP contribution in [0.15, 0.2) is 152 Å². The number of rotatable bonds is 1. The second-order valence-electron chi connectivity index (χ2n) is 20.1. The summed E-state index contributed by atoms with van der Waals surface area (Å²) < 4.78 is 12.0. The summed E-state index contributed by atoms with van der Waals surface area (Å²) in [7, 11) is 0. The molecule has 8 aromatic carbocycles. The number of nitrogens with zero attached hydrogens (tertiary/aromatic N) is 3. The van der Waals surface area contributed by atoms with E-state index in [1.165, 1.54) is 116 Å². The zero-order chi connectivity index (χ0) is 41.6. The van der Waals surface area contributed by atoms with Gasteiger partial charge in [-0.2, -0.15) is 0 Å². The largest absolute Gasteiger partial charge is 0.458 e. The maximum Gasteiger partial charge on any atom is 0.256 e. The smallest absolute Gasteiger partial charge is 0.256 e. The second-order valence-corrected chi connectivity index (χ2v) is 20.1. The van der Waals surface area contributed by atoms with Gasteiger partial charge in [0.25, 0.3) is 13.4 Å². The lowest BCUT2D eigenvalue weighted by Crippen LogP contribution is -2.60. The predicted molar refractivity (Wildman–Crippen MR) is 263 cm³/mol. The van der Waals surface area contributed by atoms with Crippen LogP contribution in [0.4, 0.5) is 17.1 Å². The van der Waals surface area contributed by atoms with Crippen molar-refractivity contribution in [2.75, 3.05) is 4.90 Å². The number of hydrogen-bond donors (Lipinski definition) is 0. The minimum atomic E-state index is -0.00447. The van der Waals surface area contributed by atoms with E-state index in [1.54, 1.807) is 0 Å². The van der Waals surface area contributed by atoms with Gasteiger partial charge in [-0.1, -0.05) is 126 Å². The fourth-order valence-corrected chi connectivity index (χ4v) is 11.8. The fourth-order valence-electron chi connectivity index (χ4n) is 11.8. The van der Waals surface area contributed by atoms with E-state index in [0.29, 0.717) is 0 Å². The van der Waals surface area contributed by atoms with Crippen molar-refractivity contribution in [1.82, 2.24) is 9.13 Å². The molecular formula is C56H43B2N3O. The van der Waals surface area contributed by atoms with Crippen molar-refractivity contribution in [3.8, 4) is 22.9 Å². The van der Waals surface area contributed by atoms with Crippen LogP contribution < -0.4 is 42.4 Å². The van der Waals surface area contributed by atoms with E-state index in [9.17, 15) is 0 Å². The van der Waals surface area contributed by atoms with Gasteiger partial charge in [-0.25, -0.2) is 0 Å². The van der Waals surface area contributed by atoms with Gasteiger partial charge >= 0.3 is 0 Å². The molecule has 0 saturated heterocycles. The summed E-state index contributed by atoms with van der Waals surface area (Å²) in [6.45, 7) is 14.1. The third-order valence-corrected chi connectivity index (χ3v) is 14.7. The van der Waals surface area contributed by atoms with Gasteiger partial charge in [-0.05, 0) is 121 Å². The van der Waals surface area contributed by atoms with Gasteiger partial charge in [0.05, 0.1) is 22.1 Å². The molecule has 0 N–H and O–H groups in total. The molecule has 0 saturated carbocycles. The van der Waals surface area contributed by atoms with E-state index in [4.69, 9.17) is 4.74 Å². The molecule has 0 fully saturated rings. The van der Waals surface area contributed by atoms with Crippen LogP contribution in [0.5, 0.6) is 11.5 Å². The van der Waals surface area contributed by atoms with Gasteiger partial charge < -0.3 is 18.8 Å². The molecule has 0 bridgehead atoms. The Labute approximate surface area is 362 Å². The average Bonchev–Trinajstić information content (AvgIpc) is 3.78. The van der Waals surface area contributed by atoms with Crippen molar-refractivity contribution >= 4 is 107 Å². The molecule has 4 nitrogen and oxygen atoms in total. The highest BCUT2D eigenvalue weighted by molar-refractivity contribution is 7.00. The molecule has 0 spiro atoms. The molecule has 4 aliphatic heterocycles. The molecule has 4 aliphatic rings. The first kappa shape index (κ1) is 34.8. The highest BCUT2D eigenvalue weighted by Gasteiger charge is 2.44. The topological polar surface area (TPSA) is 22.3 Å². The van der Waals surface area contributed by atoms with Crippen LogP contribution in [0.3, 0.4) is 0 Å². The third kappa shape index (κ3) is 4.30. The second kappa shape index (κ2) is 11.5. The first-order valence-corrected chi connectivity index (χ1v) is 22.2. The van der Waals surface area contributed by atoms with Crippen LogP contribution in [0, 0.1) is 0 Å². The van der Waals surface area contributed by atoms with Crippen LogP contribution >= 0.6 is 0 Å². The Morgan fingerprint density at radius 3 is 1.61 bits per heavy atom. The Morgan fingerprint density at radius 2 is 0.952 bits per heavy atom. The highest BCUT2D eigenvalue weighted by Crippen LogP contribution is 2.46. The maximum absolute atomic E-state index is 6.78. The lowest BCUT2D eigenvalue weighted by atomic mass is 9.33. The molecule has 10 aromatic rings. The molecule has 6 heterocycles. The highest BCUT2D eigenvalue weighted by atomic mass is 16.5. The van der Waals surface area contributed by atoms with Crippen LogP contribution in [0.25, 0.3) is 55.0 Å². The molecule has 0 amide bonds. The van der Waals surface area contributed by atoms with E-state index in [1.807, 2.05) is 0 Å². The summed E-state index contributed by atoms with van der Waals surface area (Å²) in [6, 6.07) is 57.6. The van der Waals surface area contributed by atoms with Crippen molar-refractivity contribution in [2.45, 2.75) is 52.4 Å². The predicted octanol–water partition coefficient (Wildman–Crippen LogP) is 10.0. The summed E-state index contributed by atoms with van der Waals surface area (Å²) in [4.78, 5) is 2.49. The van der Waals surface area contributed by atoms with Crippen molar-refractivity contribution in [2.24, 2.45) is 0 Å². The summed E-state index contributed by atoms with van der Waals surface area (Å²) in [5.74, 6) is 1.90. The molecule has 294 valence electrons. The number of hydrogen-bond acceptors (Lipinski definition) is 2. The normalized spacial score (nSPS) is 14.3. The molecule has 14 rings (SSSR count). The lowest BCUT2D eigenvalue weighted by Gasteiger charge is -2.40. The number of benzene rings is 8. The van der Waals surface area contributed by atoms with Crippen molar-refractivity contribution < 1.29 is 4.74 Å². The number of ether oxygens (including phenoxy) is 1. The van der Waals surface area contributed by atoms with Crippen LogP contribution in [-0.2, 0) is 10.8 Å². The molecule has 62 heavy (non-hydrogen) atoms. The number of anilines is 3. The van der Waals surface area contributed by atoms with Gasteiger partial charge in [0, 0.05) is 50.0 Å². The van der Waals surface area contributed by atoms with E-state index < -0.39 is 0 Å². The monoisotopic (exact) mass is 795 g/mol. The van der Waals surface area contributed by atoms with Gasteiger partial charge in [-0.3, -0.25) is 0 Å². The summed E-state index contributed by atoms with van der Waals surface area (Å²) in [5, 5.41) is 5.12. The Morgan fingerprint density at radius 1 is 0.403 bits per heavy atom. The molecular weight excluding hydrogens is 752 g/mol. The Kier molecular flexibility index (Phi) is 6.45. The summed E-state index contributed by atoms with van der Waals surface area (Å²) in [6.07, 6.45) is 0. The van der Waals surface area contributed by atoms with Crippen LogP contribution in [-0.4, -0.2) is 22.6 Å². The van der Waals surface area contributed by atoms with Crippen LogP contribution in [0.1, 0.15) is 52.7 Å². The molecule has 0 atom stereocenters. The first-order valence-electron chi connectivity index (χ1n) is 22.2. The van der Waals surface area contributed by atoms with Crippen LogP contribution in [0.2, 0.25) is 0 Å². The Bertz CT molecular complexity index is 3660. The molecule has 2 aromatic heterocycles. The standard InChI is InChI=1S/C56H43B2N3O/c1-55(2,3)32-20-24-44-41(28-32)57-39-16-10-12-18-43(39)59(34-14-8-7-9-15-34)46-26-22-35-37-30-38-36-23-27-50-52-54(36)61(48(38)31-47(37)60(44)53(35)51(46)57)45-25-21-33(56(4,5)6)29-42(45)58(52)40-17-11-13-19-49(40)62-50/h7-31H,1-6H3. The third-order valence-electron chi connectivity index (χ3n) is 14.7. The Hall–Kier alpha value is -6.91. The first-order chi connectivity index (χ1) is 30.0. The quantitative estimate of drug-likeness (QED) is 0.155. The number of aromatic nitrogens is 2. The zero-order valence-electron chi connectivity index (χ0n) is 35.8. The lowest BCUT2D eigenvalue weighted by molar-refractivity contribution is 0.488. The van der Waals surface area contributed by atoms with Gasteiger partial charge in [-0.15, -0.1) is 0 Å². The van der Waals surface area contributed by atoms with E-state index in [0.717, 1.165) is 11.5 Å². The maximum atomic E-state index is 6.78. The minimum absolute atomic E-state index is 0.00228. The number of fused-ring (bicyclic) bond motifs is 16. The minimum Gasteiger partial charge on any atom is -0.458 e.